The van der Waals surface area contributed by atoms with Crippen molar-refractivity contribution in [1.82, 2.24) is 14.9 Å². The minimum Gasteiger partial charge on any atom is -0.350 e. The Hall–Kier alpha value is -2.71. The minimum absolute atomic E-state index is 0.0270. The number of thiophene rings is 1. The van der Waals surface area contributed by atoms with Gasteiger partial charge in [0.1, 0.15) is 5.69 Å². The van der Waals surface area contributed by atoms with E-state index in [1.807, 2.05) is 0 Å². The Morgan fingerprint density at radius 1 is 1.18 bits per heavy atom. The first-order valence-electron chi connectivity index (χ1n) is 8.32. The number of H-pyrrole nitrogens is 2. The van der Waals surface area contributed by atoms with Crippen LogP contribution >= 0.6 is 22.9 Å². The lowest BCUT2D eigenvalue weighted by atomic mass is 10.0. The SMILES string of the molecule is CC(c1c[nH]c(=O)c2cc(F)c(F)cc12)N(C)C(=O)c1cc2sc(Cl)cc2[nH]1. The smallest absolute Gasteiger partial charge is 0.270 e. The molecular weight excluding hydrogens is 408 g/mol. The molecule has 0 aliphatic heterocycles. The van der Waals surface area contributed by atoms with Crippen molar-refractivity contribution in [3.63, 3.8) is 0 Å². The van der Waals surface area contributed by atoms with Crippen molar-refractivity contribution in [3.8, 4) is 0 Å². The van der Waals surface area contributed by atoms with E-state index in [9.17, 15) is 18.4 Å². The third kappa shape index (κ3) is 2.98. The highest BCUT2D eigenvalue weighted by molar-refractivity contribution is 7.22. The summed E-state index contributed by atoms with van der Waals surface area (Å²) in [7, 11) is 1.60. The summed E-state index contributed by atoms with van der Waals surface area (Å²) >= 11 is 7.32. The van der Waals surface area contributed by atoms with Crippen LogP contribution in [0.2, 0.25) is 4.34 Å². The van der Waals surface area contributed by atoms with Crippen LogP contribution in [0.25, 0.3) is 21.0 Å². The van der Waals surface area contributed by atoms with Gasteiger partial charge in [0, 0.05) is 13.2 Å². The average Bonchev–Trinajstić information content (AvgIpc) is 3.19. The topological polar surface area (TPSA) is 69.0 Å². The van der Waals surface area contributed by atoms with Gasteiger partial charge in [0.05, 0.1) is 26.0 Å². The molecule has 2 N–H and O–H groups in total. The predicted molar refractivity (Wildman–Crippen MR) is 106 cm³/mol. The van der Waals surface area contributed by atoms with Gasteiger partial charge in [0.2, 0.25) is 0 Å². The number of fused-ring (bicyclic) bond motifs is 2. The molecule has 0 aliphatic rings. The van der Waals surface area contributed by atoms with Gasteiger partial charge in [-0.3, -0.25) is 9.59 Å². The fourth-order valence-electron chi connectivity index (χ4n) is 3.20. The zero-order valence-corrected chi connectivity index (χ0v) is 16.3. The molecule has 0 spiro atoms. The summed E-state index contributed by atoms with van der Waals surface area (Å²) in [5.41, 5.74) is 1.13. The van der Waals surface area contributed by atoms with E-state index in [1.165, 1.54) is 22.4 Å². The molecule has 1 unspecified atom stereocenters. The molecule has 0 saturated carbocycles. The number of hydrogen-bond donors (Lipinski definition) is 2. The zero-order valence-electron chi connectivity index (χ0n) is 14.8. The number of aromatic amines is 2. The number of amides is 1. The molecule has 0 aliphatic carbocycles. The van der Waals surface area contributed by atoms with E-state index in [2.05, 4.69) is 9.97 Å². The van der Waals surface area contributed by atoms with Crippen molar-refractivity contribution in [3.05, 3.63) is 68.0 Å². The molecule has 3 aromatic heterocycles. The highest BCUT2D eigenvalue weighted by atomic mass is 35.5. The summed E-state index contributed by atoms with van der Waals surface area (Å²) in [6.45, 7) is 1.74. The van der Waals surface area contributed by atoms with E-state index in [0.717, 1.165) is 22.3 Å². The first-order valence-corrected chi connectivity index (χ1v) is 9.51. The summed E-state index contributed by atoms with van der Waals surface area (Å²) in [6.07, 6.45) is 1.42. The van der Waals surface area contributed by atoms with Gasteiger partial charge in [0.15, 0.2) is 11.6 Å². The second-order valence-electron chi connectivity index (χ2n) is 6.49. The fraction of sp³-hybridized carbons (Fsp3) is 0.158. The molecule has 4 aromatic rings. The first-order chi connectivity index (χ1) is 13.3. The van der Waals surface area contributed by atoms with Gasteiger partial charge in [-0.1, -0.05) is 11.6 Å². The number of rotatable bonds is 3. The predicted octanol–water partition coefficient (Wildman–Crippen LogP) is 4.84. The van der Waals surface area contributed by atoms with Gasteiger partial charge in [-0.05, 0) is 42.1 Å². The number of nitrogens with zero attached hydrogens (tertiary/aromatic N) is 1. The number of halogens is 3. The van der Waals surface area contributed by atoms with Crippen molar-refractivity contribution in [2.45, 2.75) is 13.0 Å². The van der Waals surface area contributed by atoms with Crippen LogP contribution in [0.5, 0.6) is 0 Å². The van der Waals surface area contributed by atoms with E-state index >= 15 is 0 Å². The third-order valence-corrected chi connectivity index (χ3v) is 6.04. The van der Waals surface area contributed by atoms with E-state index in [-0.39, 0.29) is 16.7 Å². The molecule has 3 heterocycles. The van der Waals surface area contributed by atoms with Gasteiger partial charge < -0.3 is 14.9 Å². The second-order valence-corrected chi connectivity index (χ2v) is 8.20. The lowest BCUT2D eigenvalue weighted by Crippen LogP contribution is -2.30. The number of nitrogens with one attached hydrogen (secondary N) is 2. The summed E-state index contributed by atoms with van der Waals surface area (Å²) in [6, 6.07) is 4.80. The summed E-state index contributed by atoms with van der Waals surface area (Å²) < 4.78 is 28.8. The summed E-state index contributed by atoms with van der Waals surface area (Å²) in [5.74, 6) is -2.44. The van der Waals surface area contributed by atoms with E-state index in [0.29, 0.717) is 15.6 Å². The Kier molecular flexibility index (Phi) is 4.47. The zero-order chi connectivity index (χ0) is 20.2. The highest BCUT2D eigenvalue weighted by Gasteiger charge is 2.23. The maximum Gasteiger partial charge on any atom is 0.270 e. The molecule has 9 heteroatoms. The van der Waals surface area contributed by atoms with Crippen LogP contribution < -0.4 is 5.56 Å². The molecule has 144 valence electrons. The molecule has 4 rings (SSSR count). The van der Waals surface area contributed by atoms with Crippen molar-refractivity contribution < 1.29 is 13.6 Å². The molecule has 1 amide bonds. The van der Waals surface area contributed by atoms with Crippen molar-refractivity contribution >= 4 is 49.8 Å². The number of hydrogen-bond acceptors (Lipinski definition) is 3. The Balaban J connectivity index is 1.73. The van der Waals surface area contributed by atoms with E-state index in [4.69, 9.17) is 11.6 Å². The fourth-order valence-corrected chi connectivity index (χ4v) is 4.34. The standard InChI is InChI=1S/C19H14ClF2N3O2S/c1-8(11-7-23-18(26)10-4-13(22)12(21)3-9(10)11)25(2)19(27)15-5-16-14(24-15)6-17(20)28-16/h3-8,24H,1-2H3,(H,23,26). The van der Waals surface area contributed by atoms with Crippen molar-refractivity contribution in [2.75, 3.05) is 7.05 Å². The Morgan fingerprint density at radius 3 is 2.54 bits per heavy atom. The minimum atomic E-state index is -1.10. The molecule has 1 aromatic carbocycles. The van der Waals surface area contributed by atoms with Crippen LogP contribution in [-0.4, -0.2) is 27.8 Å². The van der Waals surface area contributed by atoms with Crippen LogP contribution in [0.15, 0.2) is 35.3 Å². The molecule has 0 bridgehead atoms. The van der Waals surface area contributed by atoms with Gasteiger partial charge in [-0.2, -0.15) is 0 Å². The summed E-state index contributed by atoms with van der Waals surface area (Å²) in [5, 5.41) is 0.285. The van der Waals surface area contributed by atoms with Crippen molar-refractivity contribution in [1.29, 1.82) is 0 Å². The molecule has 28 heavy (non-hydrogen) atoms. The van der Waals surface area contributed by atoms with Crippen LogP contribution in [-0.2, 0) is 0 Å². The average molecular weight is 422 g/mol. The Morgan fingerprint density at radius 2 is 1.86 bits per heavy atom. The maximum absolute atomic E-state index is 13.8. The Bertz CT molecular complexity index is 1260. The number of carbonyl (C=O) groups is 1. The molecule has 0 radical (unpaired) electrons. The lowest BCUT2D eigenvalue weighted by Gasteiger charge is -2.25. The molecule has 0 saturated heterocycles. The van der Waals surface area contributed by atoms with Gasteiger partial charge in [-0.15, -0.1) is 11.3 Å². The second kappa shape index (κ2) is 6.72. The van der Waals surface area contributed by atoms with Gasteiger partial charge >= 0.3 is 0 Å². The first kappa shape index (κ1) is 18.6. The third-order valence-electron chi connectivity index (χ3n) is 4.83. The molecular formula is C19H14ClF2N3O2S. The van der Waals surface area contributed by atoms with Gasteiger partial charge in [0.25, 0.3) is 11.5 Å². The van der Waals surface area contributed by atoms with Crippen LogP contribution in [0, 0.1) is 11.6 Å². The normalized spacial score (nSPS) is 12.6. The molecule has 1 atom stereocenters. The number of aromatic nitrogens is 2. The van der Waals surface area contributed by atoms with Crippen LogP contribution in [0.4, 0.5) is 8.78 Å². The van der Waals surface area contributed by atoms with Gasteiger partial charge in [-0.25, -0.2) is 8.78 Å². The van der Waals surface area contributed by atoms with Crippen molar-refractivity contribution in [2.24, 2.45) is 0 Å². The number of pyridine rings is 1. The highest BCUT2D eigenvalue weighted by Crippen LogP contribution is 2.31. The monoisotopic (exact) mass is 421 g/mol. The maximum atomic E-state index is 13.8. The summed E-state index contributed by atoms with van der Waals surface area (Å²) in [4.78, 5) is 31.9. The van der Waals surface area contributed by atoms with Crippen LogP contribution in [0.1, 0.15) is 29.0 Å². The lowest BCUT2D eigenvalue weighted by molar-refractivity contribution is 0.0738. The van der Waals surface area contributed by atoms with Crippen LogP contribution in [0.3, 0.4) is 0 Å². The quantitative estimate of drug-likeness (QED) is 0.497. The number of carbonyl (C=O) groups excluding carboxylic acids is 1. The van der Waals surface area contributed by atoms with E-state index in [1.54, 1.807) is 26.1 Å². The molecule has 0 fully saturated rings. The largest absolute Gasteiger partial charge is 0.350 e. The van der Waals surface area contributed by atoms with E-state index < -0.39 is 23.2 Å². The molecule has 5 nitrogen and oxygen atoms in total. The number of benzene rings is 1. The Labute approximate surface area is 166 Å².